The second kappa shape index (κ2) is 7.37. The van der Waals surface area contributed by atoms with Crippen molar-refractivity contribution in [1.29, 1.82) is 0 Å². The molecule has 0 aromatic heterocycles. The number of fused-ring (bicyclic) bond motifs is 1. The smallest absolute Gasteiger partial charge is 0.303 e. The molecule has 2 rings (SSSR count). The summed E-state index contributed by atoms with van der Waals surface area (Å²) < 4.78 is 0. The first kappa shape index (κ1) is 19.1. The normalized spacial score (nSPS) is 15.5. The number of nitrogens with zero attached hydrogens (tertiary/aromatic N) is 3. The van der Waals surface area contributed by atoms with Gasteiger partial charge in [-0.05, 0) is 43.1 Å². The molecular weight excluding hydrogens is 322 g/mol. The van der Waals surface area contributed by atoms with Crippen molar-refractivity contribution in [2.24, 2.45) is 0 Å². The van der Waals surface area contributed by atoms with E-state index in [1.165, 1.54) is 0 Å². The lowest BCUT2D eigenvalue weighted by molar-refractivity contribution is -0.393. The van der Waals surface area contributed by atoms with Crippen LogP contribution >= 0.6 is 0 Å². The van der Waals surface area contributed by atoms with Gasteiger partial charge in [-0.1, -0.05) is 27.7 Å². The second-order valence-corrected chi connectivity index (χ2v) is 7.36. The molecule has 0 fully saturated rings. The van der Waals surface area contributed by atoms with Crippen LogP contribution in [0.1, 0.15) is 64.5 Å². The van der Waals surface area contributed by atoms with Gasteiger partial charge >= 0.3 is 5.69 Å². The summed E-state index contributed by atoms with van der Waals surface area (Å²) in [7, 11) is 0. The Labute approximate surface area is 148 Å². The molecule has 0 unspecified atom stereocenters. The highest BCUT2D eigenvalue weighted by Crippen LogP contribution is 2.49. The monoisotopic (exact) mass is 349 g/mol. The van der Waals surface area contributed by atoms with E-state index in [4.69, 9.17) is 0 Å². The van der Waals surface area contributed by atoms with Crippen molar-refractivity contribution in [2.75, 3.05) is 18.0 Å². The van der Waals surface area contributed by atoms with Crippen LogP contribution in [-0.4, -0.2) is 22.9 Å². The average Bonchev–Trinajstić information content (AvgIpc) is 2.52. The fraction of sp³-hybridized carbons (Fsp3) is 0.667. The van der Waals surface area contributed by atoms with Crippen LogP contribution in [0.2, 0.25) is 0 Å². The molecule has 1 aliphatic rings. The Hall–Kier alpha value is -2.18. The lowest BCUT2D eigenvalue weighted by Gasteiger charge is -2.33. The average molecular weight is 349 g/mol. The topological polar surface area (TPSA) is 89.5 Å². The SMILES string of the molecule is CCCN(CCC)c1c([N+](=O)[O-])cc2c(c1[N+](=O)[O-])CCCC2(C)C. The van der Waals surface area contributed by atoms with Gasteiger partial charge in [0.1, 0.15) is 0 Å². The number of hydrogen-bond acceptors (Lipinski definition) is 5. The Morgan fingerprint density at radius 1 is 1.12 bits per heavy atom. The predicted molar refractivity (Wildman–Crippen MR) is 98.5 cm³/mol. The van der Waals surface area contributed by atoms with Crippen LogP contribution in [0, 0.1) is 20.2 Å². The fourth-order valence-corrected chi connectivity index (χ4v) is 3.91. The van der Waals surface area contributed by atoms with Gasteiger partial charge in [-0.2, -0.15) is 0 Å². The minimum Gasteiger partial charge on any atom is -0.360 e. The van der Waals surface area contributed by atoms with Crippen LogP contribution in [0.3, 0.4) is 0 Å². The van der Waals surface area contributed by atoms with Crippen molar-refractivity contribution >= 4 is 17.1 Å². The largest absolute Gasteiger partial charge is 0.360 e. The highest BCUT2D eigenvalue weighted by molar-refractivity contribution is 5.80. The maximum Gasteiger partial charge on any atom is 0.303 e. The van der Waals surface area contributed by atoms with Gasteiger partial charge in [0.15, 0.2) is 5.69 Å². The van der Waals surface area contributed by atoms with E-state index in [0.29, 0.717) is 25.1 Å². The molecule has 1 aliphatic carbocycles. The number of nitro benzene ring substituents is 2. The highest BCUT2D eigenvalue weighted by atomic mass is 16.6. The minimum absolute atomic E-state index is 0.0566. The van der Waals surface area contributed by atoms with Crippen LogP contribution in [0.25, 0.3) is 0 Å². The zero-order valence-corrected chi connectivity index (χ0v) is 15.5. The Bertz CT molecular complexity index is 679. The van der Waals surface area contributed by atoms with Gasteiger partial charge < -0.3 is 4.90 Å². The molecule has 0 saturated carbocycles. The molecule has 7 heteroatoms. The van der Waals surface area contributed by atoms with E-state index in [9.17, 15) is 20.2 Å². The third-order valence-electron chi connectivity index (χ3n) is 5.00. The minimum atomic E-state index is -0.467. The first-order chi connectivity index (χ1) is 11.7. The van der Waals surface area contributed by atoms with Crippen molar-refractivity contribution in [3.05, 3.63) is 37.4 Å². The van der Waals surface area contributed by atoms with Gasteiger partial charge in [0.05, 0.1) is 9.85 Å². The van der Waals surface area contributed by atoms with Crippen LogP contribution in [0.15, 0.2) is 6.07 Å². The van der Waals surface area contributed by atoms with E-state index in [2.05, 4.69) is 0 Å². The van der Waals surface area contributed by atoms with Gasteiger partial charge in [0, 0.05) is 24.7 Å². The van der Waals surface area contributed by atoms with Crippen molar-refractivity contribution in [3.8, 4) is 0 Å². The molecule has 25 heavy (non-hydrogen) atoms. The lowest BCUT2D eigenvalue weighted by atomic mass is 9.72. The third kappa shape index (κ3) is 3.60. The van der Waals surface area contributed by atoms with Crippen LogP contribution in [-0.2, 0) is 11.8 Å². The maximum absolute atomic E-state index is 11.9. The summed E-state index contributed by atoms with van der Waals surface area (Å²) in [5.74, 6) is 0. The van der Waals surface area contributed by atoms with E-state index in [1.54, 1.807) is 6.07 Å². The molecule has 0 saturated heterocycles. The van der Waals surface area contributed by atoms with E-state index in [1.807, 2.05) is 32.6 Å². The Kier molecular flexibility index (Phi) is 5.65. The first-order valence-corrected chi connectivity index (χ1v) is 8.98. The summed E-state index contributed by atoms with van der Waals surface area (Å²) >= 11 is 0. The molecular formula is C18H27N3O4. The molecule has 1 aromatic carbocycles. The maximum atomic E-state index is 11.9. The van der Waals surface area contributed by atoms with Gasteiger partial charge in [-0.3, -0.25) is 20.2 Å². The zero-order chi connectivity index (χ0) is 18.8. The summed E-state index contributed by atoms with van der Waals surface area (Å²) in [5, 5.41) is 23.7. The molecule has 0 bridgehead atoms. The van der Waals surface area contributed by atoms with Crippen molar-refractivity contribution in [1.82, 2.24) is 0 Å². The molecule has 1 aromatic rings. The molecule has 0 N–H and O–H groups in total. The molecule has 138 valence electrons. The summed E-state index contributed by atoms with van der Waals surface area (Å²) in [4.78, 5) is 24.6. The standard InChI is InChI=1S/C18H27N3O4/c1-5-10-19(11-6-2)17-15(20(22)23)12-14-13(16(17)21(24)25)8-7-9-18(14,3)4/h12H,5-11H2,1-4H3. The summed E-state index contributed by atoms with van der Waals surface area (Å²) in [6.07, 6.45) is 3.89. The van der Waals surface area contributed by atoms with Crippen LogP contribution in [0.5, 0.6) is 0 Å². The third-order valence-corrected chi connectivity index (χ3v) is 5.00. The number of anilines is 1. The van der Waals surface area contributed by atoms with E-state index in [0.717, 1.165) is 31.2 Å². The number of hydrogen-bond donors (Lipinski definition) is 0. The fourth-order valence-electron chi connectivity index (χ4n) is 3.91. The second-order valence-electron chi connectivity index (χ2n) is 7.36. The number of nitro groups is 2. The van der Waals surface area contributed by atoms with Crippen molar-refractivity contribution in [3.63, 3.8) is 0 Å². The summed E-state index contributed by atoms with van der Waals surface area (Å²) in [5.41, 5.74) is 1.14. The zero-order valence-electron chi connectivity index (χ0n) is 15.5. The van der Waals surface area contributed by atoms with Crippen molar-refractivity contribution in [2.45, 2.75) is 65.2 Å². The summed E-state index contributed by atoms with van der Waals surface area (Å²) in [6, 6.07) is 1.59. The predicted octanol–water partition coefficient (Wildman–Crippen LogP) is 4.74. The number of rotatable bonds is 7. The summed E-state index contributed by atoms with van der Waals surface area (Å²) in [6.45, 7) is 9.10. The lowest BCUT2D eigenvalue weighted by Crippen LogP contribution is -2.30. The molecule has 7 nitrogen and oxygen atoms in total. The molecule has 0 heterocycles. The van der Waals surface area contributed by atoms with Gasteiger partial charge in [-0.25, -0.2) is 0 Å². The van der Waals surface area contributed by atoms with Gasteiger partial charge in [0.25, 0.3) is 5.69 Å². The Balaban J connectivity index is 2.84. The molecule has 0 spiro atoms. The van der Waals surface area contributed by atoms with E-state index >= 15 is 0 Å². The Morgan fingerprint density at radius 3 is 2.20 bits per heavy atom. The Morgan fingerprint density at radius 2 is 1.72 bits per heavy atom. The van der Waals surface area contributed by atoms with Crippen molar-refractivity contribution < 1.29 is 9.85 Å². The quantitative estimate of drug-likeness (QED) is 0.524. The van der Waals surface area contributed by atoms with Gasteiger partial charge in [0.2, 0.25) is 0 Å². The van der Waals surface area contributed by atoms with Crippen LogP contribution < -0.4 is 4.90 Å². The molecule has 0 amide bonds. The molecule has 0 atom stereocenters. The number of benzene rings is 1. The van der Waals surface area contributed by atoms with Gasteiger partial charge in [-0.15, -0.1) is 0 Å². The van der Waals surface area contributed by atoms with Crippen LogP contribution in [0.4, 0.5) is 17.1 Å². The molecule has 0 aliphatic heterocycles. The van der Waals surface area contributed by atoms with E-state index in [-0.39, 0.29) is 22.5 Å². The van der Waals surface area contributed by atoms with E-state index < -0.39 is 9.85 Å². The first-order valence-electron chi connectivity index (χ1n) is 8.98. The molecule has 0 radical (unpaired) electrons. The highest BCUT2D eigenvalue weighted by Gasteiger charge is 2.40.